The average Bonchev–Trinajstić information content (AvgIpc) is 2.37. The maximum atomic E-state index is 11.9. The monoisotopic (exact) mass is 313 g/mol. The van der Waals surface area contributed by atoms with Crippen LogP contribution < -0.4 is 15.8 Å². The zero-order chi connectivity index (χ0) is 16.0. The van der Waals surface area contributed by atoms with Crippen molar-refractivity contribution in [1.29, 1.82) is 0 Å². The molecule has 1 aromatic rings. The van der Waals surface area contributed by atoms with Crippen LogP contribution in [0.25, 0.3) is 0 Å². The number of carbonyl (C=O) groups is 1. The molecule has 0 aliphatic heterocycles. The second-order valence-electron chi connectivity index (χ2n) is 5.14. The van der Waals surface area contributed by atoms with Gasteiger partial charge < -0.3 is 11.1 Å². The molecular formula is C14H23N3O3S. The molecule has 1 amide bonds. The normalized spacial score (nSPS) is 12.8. The van der Waals surface area contributed by atoms with Crippen molar-refractivity contribution < 1.29 is 13.2 Å². The third kappa shape index (κ3) is 6.14. The van der Waals surface area contributed by atoms with Crippen LogP contribution in [0.5, 0.6) is 0 Å². The van der Waals surface area contributed by atoms with E-state index >= 15 is 0 Å². The van der Waals surface area contributed by atoms with Gasteiger partial charge in [0.25, 0.3) is 0 Å². The van der Waals surface area contributed by atoms with Crippen molar-refractivity contribution in [1.82, 2.24) is 0 Å². The fourth-order valence-electron chi connectivity index (χ4n) is 1.85. The maximum absolute atomic E-state index is 11.9. The van der Waals surface area contributed by atoms with Gasteiger partial charge in [-0.3, -0.25) is 9.52 Å². The average molecular weight is 313 g/mol. The topological polar surface area (TPSA) is 101 Å². The van der Waals surface area contributed by atoms with E-state index in [1.54, 1.807) is 25.1 Å². The minimum Gasteiger partial charge on any atom is -0.325 e. The Morgan fingerprint density at radius 3 is 2.57 bits per heavy atom. The standard InChI is InChI=1S/C14H23N3O3S/c1-4-5-6-12(15)14(18)16-11-7-8-13(10(2)9-11)17-21(3,19)20/h7-9,12,17H,4-6,15H2,1-3H3,(H,16,18). The molecule has 6 nitrogen and oxygen atoms in total. The van der Waals surface area contributed by atoms with Crippen LogP contribution in [0.1, 0.15) is 31.7 Å². The number of carbonyl (C=O) groups excluding carboxylic acids is 1. The highest BCUT2D eigenvalue weighted by molar-refractivity contribution is 7.92. The van der Waals surface area contributed by atoms with Crippen LogP contribution in [-0.4, -0.2) is 26.6 Å². The zero-order valence-electron chi connectivity index (χ0n) is 12.6. The van der Waals surface area contributed by atoms with Crippen LogP contribution in [-0.2, 0) is 14.8 Å². The summed E-state index contributed by atoms with van der Waals surface area (Å²) >= 11 is 0. The van der Waals surface area contributed by atoms with Crippen molar-refractivity contribution >= 4 is 27.3 Å². The predicted molar refractivity (Wildman–Crippen MR) is 85.8 cm³/mol. The molecule has 0 saturated heterocycles. The van der Waals surface area contributed by atoms with Crippen LogP contribution in [0.4, 0.5) is 11.4 Å². The van der Waals surface area contributed by atoms with Gasteiger partial charge in [-0.25, -0.2) is 8.42 Å². The highest BCUT2D eigenvalue weighted by atomic mass is 32.2. The molecule has 0 fully saturated rings. The van der Waals surface area contributed by atoms with Gasteiger partial charge in [-0.05, 0) is 37.1 Å². The number of nitrogens with two attached hydrogens (primary N) is 1. The van der Waals surface area contributed by atoms with Crippen molar-refractivity contribution in [3.05, 3.63) is 23.8 Å². The van der Waals surface area contributed by atoms with Crippen LogP contribution in [0, 0.1) is 6.92 Å². The first-order chi connectivity index (χ1) is 9.73. The fourth-order valence-corrected chi connectivity index (χ4v) is 2.47. The lowest BCUT2D eigenvalue weighted by Gasteiger charge is -2.13. The van der Waals surface area contributed by atoms with Crippen LogP contribution >= 0.6 is 0 Å². The van der Waals surface area contributed by atoms with E-state index in [9.17, 15) is 13.2 Å². The lowest BCUT2D eigenvalue weighted by atomic mass is 10.1. The summed E-state index contributed by atoms with van der Waals surface area (Å²) in [4.78, 5) is 11.9. The molecule has 1 unspecified atom stereocenters. The molecule has 21 heavy (non-hydrogen) atoms. The molecule has 118 valence electrons. The summed E-state index contributed by atoms with van der Waals surface area (Å²) in [5.74, 6) is -0.230. The van der Waals surface area contributed by atoms with E-state index in [1.807, 2.05) is 6.92 Å². The highest BCUT2D eigenvalue weighted by Crippen LogP contribution is 2.20. The molecule has 0 aromatic heterocycles. The molecule has 1 aromatic carbocycles. The SMILES string of the molecule is CCCCC(N)C(=O)Nc1ccc(NS(C)(=O)=O)c(C)c1. The molecule has 0 bridgehead atoms. The Bertz CT molecular complexity index is 599. The summed E-state index contributed by atoms with van der Waals surface area (Å²) in [5.41, 5.74) is 7.61. The summed E-state index contributed by atoms with van der Waals surface area (Å²) in [7, 11) is -3.32. The van der Waals surface area contributed by atoms with E-state index in [0.717, 1.165) is 24.7 Å². The van der Waals surface area contributed by atoms with Crippen LogP contribution in [0.3, 0.4) is 0 Å². The summed E-state index contributed by atoms with van der Waals surface area (Å²) in [5, 5.41) is 2.74. The molecular weight excluding hydrogens is 290 g/mol. The molecule has 7 heteroatoms. The number of unbranched alkanes of at least 4 members (excludes halogenated alkanes) is 1. The number of nitrogens with one attached hydrogen (secondary N) is 2. The largest absolute Gasteiger partial charge is 0.325 e. The van der Waals surface area contributed by atoms with Crippen molar-refractivity contribution in [2.75, 3.05) is 16.3 Å². The number of rotatable bonds is 7. The van der Waals surface area contributed by atoms with Gasteiger partial charge in [0.15, 0.2) is 0 Å². The second-order valence-corrected chi connectivity index (χ2v) is 6.89. The van der Waals surface area contributed by atoms with Gasteiger partial charge in [0.2, 0.25) is 15.9 Å². The number of anilines is 2. The number of hydrogen-bond donors (Lipinski definition) is 3. The van der Waals surface area contributed by atoms with Crippen molar-refractivity contribution in [3.8, 4) is 0 Å². The van der Waals surface area contributed by atoms with Gasteiger partial charge in [0, 0.05) is 5.69 Å². The predicted octanol–water partition coefficient (Wildman–Crippen LogP) is 1.82. The Hall–Kier alpha value is -1.60. The maximum Gasteiger partial charge on any atom is 0.241 e. The molecule has 0 saturated carbocycles. The first-order valence-corrected chi connectivity index (χ1v) is 8.77. The number of aryl methyl sites for hydroxylation is 1. The molecule has 0 heterocycles. The minimum atomic E-state index is -3.32. The lowest BCUT2D eigenvalue weighted by molar-refractivity contribution is -0.117. The molecule has 0 radical (unpaired) electrons. The summed E-state index contributed by atoms with van der Waals surface area (Å²) < 4.78 is 24.8. The van der Waals surface area contributed by atoms with E-state index in [0.29, 0.717) is 17.8 Å². The summed E-state index contributed by atoms with van der Waals surface area (Å²) in [6.07, 6.45) is 3.64. The Balaban J connectivity index is 2.73. The third-order valence-corrected chi connectivity index (χ3v) is 3.59. The zero-order valence-corrected chi connectivity index (χ0v) is 13.5. The lowest BCUT2D eigenvalue weighted by Crippen LogP contribution is -2.35. The highest BCUT2D eigenvalue weighted by Gasteiger charge is 2.13. The van der Waals surface area contributed by atoms with Crippen LogP contribution in [0.15, 0.2) is 18.2 Å². The summed E-state index contributed by atoms with van der Waals surface area (Å²) in [6, 6.07) is 4.44. The van der Waals surface area contributed by atoms with Crippen molar-refractivity contribution in [3.63, 3.8) is 0 Å². The third-order valence-electron chi connectivity index (χ3n) is 2.99. The van der Waals surface area contributed by atoms with Gasteiger partial charge >= 0.3 is 0 Å². The van der Waals surface area contributed by atoms with Gasteiger partial charge in [0.1, 0.15) is 0 Å². The smallest absolute Gasteiger partial charge is 0.241 e. The number of sulfonamides is 1. The molecule has 0 spiro atoms. The Labute approximate surface area is 126 Å². The van der Waals surface area contributed by atoms with Gasteiger partial charge in [-0.1, -0.05) is 19.8 Å². The van der Waals surface area contributed by atoms with E-state index in [1.165, 1.54) is 0 Å². The fraction of sp³-hybridized carbons (Fsp3) is 0.500. The quantitative estimate of drug-likeness (QED) is 0.714. The first kappa shape index (κ1) is 17.5. The molecule has 4 N–H and O–H groups in total. The van der Waals surface area contributed by atoms with E-state index in [-0.39, 0.29) is 5.91 Å². The molecule has 0 aliphatic carbocycles. The minimum absolute atomic E-state index is 0.230. The van der Waals surface area contributed by atoms with Gasteiger partial charge in [-0.2, -0.15) is 0 Å². The Morgan fingerprint density at radius 2 is 2.05 bits per heavy atom. The Morgan fingerprint density at radius 1 is 1.38 bits per heavy atom. The van der Waals surface area contributed by atoms with Crippen LogP contribution in [0.2, 0.25) is 0 Å². The van der Waals surface area contributed by atoms with Gasteiger partial charge in [0.05, 0.1) is 18.0 Å². The number of hydrogen-bond acceptors (Lipinski definition) is 4. The Kier molecular flexibility index (Phi) is 6.17. The number of benzene rings is 1. The molecule has 1 atom stereocenters. The number of amides is 1. The second kappa shape index (κ2) is 7.42. The van der Waals surface area contributed by atoms with E-state index in [4.69, 9.17) is 5.73 Å². The van der Waals surface area contributed by atoms with Crippen molar-refractivity contribution in [2.45, 2.75) is 39.2 Å². The van der Waals surface area contributed by atoms with Gasteiger partial charge in [-0.15, -0.1) is 0 Å². The molecule has 1 rings (SSSR count). The summed E-state index contributed by atoms with van der Waals surface area (Å²) in [6.45, 7) is 3.81. The van der Waals surface area contributed by atoms with E-state index < -0.39 is 16.1 Å². The first-order valence-electron chi connectivity index (χ1n) is 6.88. The molecule has 0 aliphatic rings. The van der Waals surface area contributed by atoms with E-state index in [2.05, 4.69) is 10.0 Å². The van der Waals surface area contributed by atoms with Crippen molar-refractivity contribution in [2.24, 2.45) is 5.73 Å².